The van der Waals surface area contributed by atoms with Crippen molar-refractivity contribution in [3.63, 3.8) is 0 Å². The number of hydrogen-bond donors (Lipinski definition) is 3. The van der Waals surface area contributed by atoms with Gasteiger partial charge in [-0.15, -0.1) is 0 Å². The second-order valence-corrected chi connectivity index (χ2v) is 4.97. The molecule has 0 bridgehead atoms. The molecule has 0 saturated heterocycles. The van der Waals surface area contributed by atoms with E-state index in [1.807, 2.05) is 19.0 Å². The predicted molar refractivity (Wildman–Crippen MR) is 77.0 cm³/mol. The minimum Gasteiger partial charge on any atom is -0.504 e. The van der Waals surface area contributed by atoms with Crippen molar-refractivity contribution in [2.45, 2.75) is 13.1 Å². The molecule has 0 fully saturated rings. The Labute approximate surface area is 122 Å². The standard InChI is InChI=1S/C15H18N2O4/c1-17(2)9-10-5-6-12(14(19)13(10)18)15(20)16-8-11-4-3-7-21-11/h3-7,18-19H,8-9H2,1-2H3,(H,16,20). The van der Waals surface area contributed by atoms with E-state index in [9.17, 15) is 15.0 Å². The van der Waals surface area contributed by atoms with Crippen LogP contribution in [0.2, 0.25) is 0 Å². The zero-order valence-electron chi connectivity index (χ0n) is 12.0. The minimum atomic E-state index is -0.476. The maximum atomic E-state index is 12.0. The number of carbonyl (C=O) groups excluding carboxylic acids is 1. The Morgan fingerprint density at radius 2 is 2.00 bits per heavy atom. The number of phenolic OH excluding ortho intramolecular Hbond substituents is 2. The maximum absolute atomic E-state index is 12.0. The molecule has 1 heterocycles. The van der Waals surface area contributed by atoms with Crippen LogP contribution in [0.15, 0.2) is 34.9 Å². The summed E-state index contributed by atoms with van der Waals surface area (Å²) in [5.74, 6) is -0.549. The molecule has 2 aromatic rings. The largest absolute Gasteiger partial charge is 0.504 e. The van der Waals surface area contributed by atoms with Gasteiger partial charge < -0.3 is 24.8 Å². The van der Waals surface area contributed by atoms with Gasteiger partial charge in [-0.25, -0.2) is 0 Å². The van der Waals surface area contributed by atoms with Crippen LogP contribution in [0.1, 0.15) is 21.7 Å². The first kappa shape index (κ1) is 14.9. The fraction of sp³-hybridized carbons (Fsp3) is 0.267. The van der Waals surface area contributed by atoms with Crippen molar-refractivity contribution in [3.8, 4) is 11.5 Å². The third-order valence-electron chi connectivity index (χ3n) is 2.97. The summed E-state index contributed by atoms with van der Waals surface area (Å²) < 4.78 is 5.10. The first-order valence-corrected chi connectivity index (χ1v) is 6.48. The van der Waals surface area contributed by atoms with Crippen LogP contribution in [0.25, 0.3) is 0 Å². The zero-order valence-corrected chi connectivity index (χ0v) is 12.0. The van der Waals surface area contributed by atoms with E-state index in [1.165, 1.54) is 12.3 Å². The molecule has 0 aliphatic heterocycles. The fourth-order valence-corrected chi connectivity index (χ4v) is 1.95. The van der Waals surface area contributed by atoms with Crippen molar-refractivity contribution in [2.75, 3.05) is 14.1 Å². The van der Waals surface area contributed by atoms with Gasteiger partial charge in [-0.05, 0) is 32.3 Å². The van der Waals surface area contributed by atoms with E-state index in [2.05, 4.69) is 5.32 Å². The molecular weight excluding hydrogens is 272 g/mol. The number of nitrogens with one attached hydrogen (secondary N) is 1. The number of rotatable bonds is 5. The summed E-state index contributed by atoms with van der Waals surface area (Å²) in [6, 6.07) is 6.57. The van der Waals surface area contributed by atoms with Crippen molar-refractivity contribution in [1.82, 2.24) is 10.2 Å². The highest BCUT2D eigenvalue weighted by atomic mass is 16.3. The lowest BCUT2D eigenvalue weighted by Crippen LogP contribution is -2.22. The van der Waals surface area contributed by atoms with Gasteiger partial charge in [0.05, 0.1) is 18.4 Å². The monoisotopic (exact) mass is 290 g/mol. The molecule has 0 aliphatic rings. The Kier molecular flexibility index (Phi) is 4.49. The van der Waals surface area contributed by atoms with E-state index in [0.717, 1.165) is 0 Å². The summed E-state index contributed by atoms with van der Waals surface area (Å²) in [5, 5.41) is 22.5. The molecule has 0 atom stereocenters. The van der Waals surface area contributed by atoms with E-state index in [1.54, 1.807) is 18.2 Å². The van der Waals surface area contributed by atoms with E-state index in [4.69, 9.17) is 4.42 Å². The molecular formula is C15H18N2O4. The van der Waals surface area contributed by atoms with Crippen LogP contribution in [0.4, 0.5) is 0 Å². The number of carbonyl (C=O) groups is 1. The molecule has 1 amide bonds. The van der Waals surface area contributed by atoms with Crippen molar-refractivity contribution in [3.05, 3.63) is 47.4 Å². The Morgan fingerprint density at radius 1 is 1.24 bits per heavy atom. The van der Waals surface area contributed by atoms with Gasteiger partial charge in [-0.1, -0.05) is 6.07 Å². The van der Waals surface area contributed by atoms with Crippen molar-refractivity contribution in [2.24, 2.45) is 0 Å². The van der Waals surface area contributed by atoms with E-state index in [-0.39, 0.29) is 17.9 Å². The molecule has 0 saturated carbocycles. The maximum Gasteiger partial charge on any atom is 0.255 e. The van der Waals surface area contributed by atoms with E-state index < -0.39 is 11.7 Å². The number of furan rings is 1. The van der Waals surface area contributed by atoms with Gasteiger partial charge in [0.2, 0.25) is 0 Å². The van der Waals surface area contributed by atoms with E-state index in [0.29, 0.717) is 17.9 Å². The minimum absolute atomic E-state index is 0.0292. The highest BCUT2D eigenvalue weighted by Gasteiger charge is 2.17. The van der Waals surface area contributed by atoms with Gasteiger partial charge >= 0.3 is 0 Å². The summed E-state index contributed by atoms with van der Waals surface area (Å²) in [7, 11) is 3.70. The second kappa shape index (κ2) is 6.32. The number of benzene rings is 1. The fourth-order valence-electron chi connectivity index (χ4n) is 1.95. The van der Waals surface area contributed by atoms with Gasteiger partial charge in [0, 0.05) is 12.1 Å². The highest BCUT2D eigenvalue weighted by molar-refractivity contribution is 5.97. The molecule has 6 heteroatoms. The zero-order chi connectivity index (χ0) is 15.4. The summed E-state index contributed by atoms with van der Waals surface area (Å²) in [5.41, 5.74) is 0.585. The molecule has 0 spiro atoms. The smallest absolute Gasteiger partial charge is 0.255 e. The first-order chi connectivity index (χ1) is 9.99. The molecule has 0 aliphatic carbocycles. The SMILES string of the molecule is CN(C)Cc1ccc(C(=O)NCc2ccco2)c(O)c1O. The van der Waals surface area contributed by atoms with Crippen LogP contribution in [0, 0.1) is 0 Å². The molecule has 2 rings (SSSR count). The Balaban J connectivity index is 2.12. The first-order valence-electron chi connectivity index (χ1n) is 6.48. The second-order valence-electron chi connectivity index (χ2n) is 4.97. The highest BCUT2D eigenvalue weighted by Crippen LogP contribution is 2.33. The van der Waals surface area contributed by atoms with Crippen LogP contribution in [-0.2, 0) is 13.1 Å². The average Bonchev–Trinajstić information content (AvgIpc) is 2.94. The van der Waals surface area contributed by atoms with Crippen LogP contribution in [-0.4, -0.2) is 35.1 Å². The van der Waals surface area contributed by atoms with Gasteiger partial charge in [-0.2, -0.15) is 0 Å². The number of aromatic hydroxyl groups is 2. The van der Waals surface area contributed by atoms with Crippen LogP contribution < -0.4 is 5.32 Å². The third-order valence-corrected chi connectivity index (χ3v) is 2.97. The topological polar surface area (TPSA) is 85.9 Å². The van der Waals surface area contributed by atoms with Crippen molar-refractivity contribution < 1.29 is 19.4 Å². The van der Waals surface area contributed by atoms with E-state index >= 15 is 0 Å². The lowest BCUT2D eigenvalue weighted by Gasteiger charge is -2.14. The summed E-state index contributed by atoms with van der Waals surface area (Å²) in [6.45, 7) is 0.680. The van der Waals surface area contributed by atoms with Crippen LogP contribution >= 0.6 is 0 Å². The molecule has 1 aromatic carbocycles. The van der Waals surface area contributed by atoms with Crippen molar-refractivity contribution >= 4 is 5.91 Å². The molecule has 1 aromatic heterocycles. The number of hydrogen-bond acceptors (Lipinski definition) is 5. The Morgan fingerprint density at radius 3 is 2.62 bits per heavy atom. The lowest BCUT2D eigenvalue weighted by molar-refractivity contribution is 0.0944. The summed E-state index contributed by atoms with van der Waals surface area (Å²) in [4.78, 5) is 13.9. The molecule has 0 unspecified atom stereocenters. The Bertz CT molecular complexity index is 621. The molecule has 0 radical (unpaired) electrons. The quantitative estimate of drug-likeness (QED) is 0.729. The van der Waals surface area contributed by atoms with Gasteiger partial charge in [0.1, 0.15) is 5.76 Å². The summed E-state index contributed by atoms with van der Waals surface area (Å²) >= 11 is 0. The van der Waals surface area contributed by atoms with Gasteiger partial charge in [0.25, 0.3) is 5.91 Å². The van der Waals surface area contributed by atoms with Crippen LogP contribution in [0.5, 0.6) is 11.5 Å². The van der Waals surface area contributed by atoms with Gasteiger partial charge in [0.15, 0.2) is 11.5 Å². The lowest BCUT2D eigenvalue weighted by atomic mass is 10.1. The van der Waals surface area contributed by atoms with Crippen molar-refractivity contribution in [1.29, 1.82) is 0 Å². The third kappa shape index (κ3) is 3.55. The molecule has 21 heavy (non-hydrogen) atoms. The normalized spacial score (nSPS) is 10.8. The molecule has 6 nitrogen and oxygen atoms in total. The Hall–Kier alpha value is -2.47. The number of nitrogens with zero attached hydrogens (tertiary/aromatic N) is 1. The summed E-state index contributed by atoms with van der Waals surface area (Å²) in [6.07, 6.45) is 1.51. The van der Waals surface area contributed by atoms with Gasteiger partial charge in [-0.3, -0.25) is 4.79 Å². The van der Waals surface area contributed by atoms with Crippen LogP contribution in [0.3, 0.4) is 0 Å². The predicted octanol–water partition coefficient (Wildman–Crippen LogP) is 1.68. The average molecular weight is 290 g/mol. The molecule has 112 valence electrons. The molecule has 3 N–H and O–H groups in total. The number of amides is 1. The number of phenols is 2.